The lowest BCUT2D eigenvalue weighted by atomic mass is 9.80. The number of nitrogens with zero attached hydrogens (tertiary/aromatic N) is 2. The lowest BCUT2D eigenvalue weighted by Crippen LogP contribution is -2.30. The van der Waals surface area contributed by atoms with Crippen LogP contribution in [0.15, 0.2) is 24.0 Å². The minimum Gasteiger partial charge on any atom is -0.309 e. The molecule has 0 aromatic carbocycles. The second-order valence-corrected chi connectivity index (χ2v) is 5.27. The summed E-state index contributed by atoms with van der Waals surface area (Å²) in [5.74, 6) is 1.54. The third-order valence-corrected chi connectivity index (χ3v) is 3.97. The van der Waals surface area contributed by atoms with Crippen molar-refractivity contribution in [2.75, 3.05) is 6.54 Å². The van der Waals surface area contributed by atoms with Gasteiger partial charge in [0, 0.05) is 18.9 Å². The molecule has 0 amide bonds. The van der Waals surface area contributed by atoms with Crippen LogP contribution in [0.4, 0.5) is 8.78 Å². The highest BCUT2D eigenvalue weighted by atomic mass is 19.3. The highest BCUT2D eigenvalue weighted by molar-refractivity contribution is 5.09. The fourth-order valence-electron chi connectivity index (χ4n) is 2.74. The molecule has 1 N–H and O–H groups in total. The highest BCUT2D eigenvalue weighted by Gasteiger charge is 2.21. The quantitative estimate of drug-likeness (QED) is 0.831. The molecule has 5 heteroatoms. The van der Waals surface area contributed by atoms with Crippen molar-refractivity contribution in [2.45, 2.75) is 39.8 Å². The molecule has 1 aliphatic rings. The van der Waals surface area contributed by atoms with Crippen LogP contribution in [0.3, 0.4) is 0 Å². The average molecular weight is 269 g/mol. The van der Waals surface area contributed by atoms with Crippen LogP contribution < -0.4 is 5.32 Å². The molecule has 106 valence electrons. The summed E-state index contributed by atoms with van der Waals surface area (Å²) in [6.45, 7) is 3.09. The summed E-state index contributed by atoms with van der Waals surface area (Å²) < 4.78 is 26.2. The van der Waals surface area contributed by atoms with Crippen LogP contribution in [-0.2, 0) is 6.54 Å². The molecule has 0 spiro atoms. The number of allylic oxidation sites excluding steroid dienone is 1. The lowest BCUT2D eigenvalue weighted by Gasteiger charge is -2.29. The number of aromatic nitrogens is 2. The number of hydrogen-bond donors (Lipinski definition) is 1. The van der Waals surface area contributed by atoms with Gasteiger partial charge in [0.2, 0.25) is 0 Å². The average Bonchev–Trinajstić information content (AvgIpc) is 2.81. The Morgan fingerprint density at radius 3 is 3.00 bits per heavy atom. The van der Waals surface area contributed by atoms with E-state index in [0.29, 0.717) is 24.2 Å². The number of alkyl halides is 2. The van der Waals surface area contributed by atoms with E-state index in [9.17, 15) is 8.78 Å². The number of imidazole rings is 1. The first kappa shape index (κ1) is 14.2. The summed E-state index contributed by atoms with van der Waals surface area (Å²) in [5.41, 5.74) is 1.41. The number of hydrogen-bond acceptors (Lipinski definition) is 2. The van der Waals surface area contributed by atoms with E-state index in [-0.39, 0.29) is 0 Å². The van der Waals surface area contributed by atoms with Crippen LogP contribution in [0.25, 0.3) is 0 Å². The molecule has 0 radical (unpaired) electrons. The second kappa shape index (κ2) is 6.28. The second-order valence-electron chi connectivity index (χ2n) is 5.27. The number of halogens is 2. The van der Waals surface area contributed by atoms with Gasteiger partial charge in [-0.1, -0.05) is 18.6 Å². The Hall–Kier alpha value is -1.23. The molecule has 0 saturated carbocycles. The molecule has 2 rings (SSSR count). The van der Waals surface area contributed by atoms with E-state index in [1.54, 1.807) is 0 Å². The monoisotopic (exact) mass is 269 g/mol. The zero-order chi connectivity index (χ0) is 13.8. The van der Waals surface area contributed by atoms with Gasteiger partial charge in [-0.25, -0.2) is 4.98 Å². The van der Waals surface area contributed by atoms with Gasteiger partial charge in [-0.3, -0.25) is 4.57 Å². The molecule has 2 unspecified atom stereocenters. The van der Waals surface area contributed by atoms with E-state index < -0.39 is 6.55 Å². The number of nitrogens with one attached hydrogen (secondary N) is 1. The maximum atomic E-state index is 12.7. The first-order valence-corrected chi connectivity index (χ1v) is 6.77. The zero-order valence-corrected chi connectivity index (χ0v) is 11.4. The molecule has 0 saturated heterocycles. The van der Waals surface area contributed by atoms with Gasteiger partial charge in [0.1, 0.15) is 5.82 Å². The van der Waals surface area contributed by atoms with Crippen molar-refractivity contribution < 1.29 is 8.78 Å². The molecule has 0 aliphatic heterocycles. The normalized spacial score (nSPS) is 23.7. The summed E-state index contributed by atoms with van der Waals surface area (Å²) in [7, 11) is 0. The molecule has 2 atom stereocenters. The standard InChI is InChI=1S/C14H21F2N3/c1-10-4-3-5-11(2)12(10)8-17-9-13-18-6-7-19(13)14(15)16/h4,6-7,11-12,14,17H,3,5,8-9H2,1-2H3. The summed E-state index contributed by atoms with van der Waals surface area (Å²) in [5, 5.41) is 3.26. The smallest absolute Gasteiger partial charge is 0.309 e. The molecule has 1 aromatic rings. The van der Waals surface area contributed by atoms with Crippen LogP contribution in [0.5, 0.6) is 0 Å². The van der Waals surface area contributed by atoms with Crippen LogP contribution >= 0.6 is 0 Å². The molecular weight excluding hydrogens is 248 g/mol. The SMILES string of the molecule is CC1=CCCC(C)C1CNCc1nccn1C(F)F. The van der Waals surface area contributed by atoms with Gasteiger partial charge in [0.05, 0.1) is 6.54 Å². The molecule has 1 aromatic heterocycles. The van der Waals surface area contributed by atoms with Gasteiger partial charge in [-0.15, -0.1) is 0 Å². The molecule has 19 heavy (non-hydrogen) atoms. The molecule has 0 fully saturated rings. The van der Waals surface area contributed by atoms with Crippen molar-refractivity contribution in [1.82, 2.24) is 14.9 Å². The van der Waals surface area contributed by atoms with Crippen molar-refractivity contribution in [1.29, 1.82) is 0 Å². The van der Waals surface area contributed by atoms with E-state index in [1.165, 1.54) is 24.4 Å². The summed E-state index contributed by atoms with van der Waals surface area (Å²) >= 11 is 0. The first-order valence-electron chi connectivity index (χ1n) is 6.77. The van der Waals surface area contributed by atoms with Gasteiger partial charge in [0.15, 0.2) is 0 Å². The van der Waals surface area contributed by atoms with E-state index in [2.05, 4.69) is 30.2 Å². The van der Waals surface area contributed by atoms with Crippen LogP contribution in [0.1, 0.15) is 39.1 Å². The maximum Gasteiger partial charge on any atom is 0.319 e. The van der Waals surface area contributed by atoms with Crippen LogP contribution in [-0.4, -0.2) is 16.1 Å². The van der Waals surface area contributed by atoms with Gasteiger partial charge < -0.3 is 5.32 Å². The summed E-state index contributed by atoms with van der Waals surface area (Å²) in [4.78, 5) is 3.96. The van der Waals surface area contributed by atoms with Crippen molar-refractivity contribution in [3.05, 3.63) is 29.9 Å². The van der Waals surface area contributed by atoms with E-state index >= 15 is 0 Å². The topological polar surface area (TPSA) is 29.9 Å². The van der Waals surface area contributed by atoms with Gasteiger partial charge in [0.25, 0.3) is 0 Å². The Kier molecular flexibility index (Phi) is 4.69. The largest absolute Gasteiger partial charge is 0.319 e. The third-order valence-electron chi connectivity index (χ3n) is 3.97. The van der Waals surface area contributed by atoms with Gasteiger partial charge >= 0.3 is 6.55 Å². The Labute approximate surface area is 112 Å². The van der Waals surface area contributed by atoms with Crippen molar-refractivity contribution in [3.8, 4) is 0 Å². The summed E-state index contributed by atoms with van der Waals surface area (Å²) in [6.07, 6.45) is 7.37. The van der Waals surface area contributed by atoms with E-state index in [0.717, 1.165) is 17.5 Å². The highest BCUT2D eigenvalue weighted by Crippen LogP contribution is 2.29. The van der Waals surface area contributed by atoms with Crippen molar-refractivity contribution >= 4 is 0 Å². The predicted octanol–water partition coefficient (Wildman–Crippen LogP) is 3.36. The molecule has 1 aliphatic carbocycles. The summed E-state index contributed by atoms with van der Waals surface area (Å²) in [6, 6.07) is 0. The third kappa shape index (κ3) is 3.41. The van der Waals surface area contributed by atoms with Crippen molar-refractivity contribution in [2.24, 2.45) is 11.8 Å². The minimum absolute atomic E-state index is 0.383. The predicted molar refractivity (Wildman–Crippen MR) is 70.8 cm³/mol. The molecule has 0 bridgehead atoms. The first-order chi connectivity index (χ1) is 9.09. The molecular formula is C14H21F2N3. The Morgan fingerprint density at radius 2 is 2.32 bits per heavy atom. The minimum atomic E-state index is -2.52. The fraction of sp³-hybridized carbons (Fsp3) is 0.643. The van der Waals surface area contributed by atoms with Crippen molar-refractivity contribution in [3.63, 3.8) is 0 Å². The molecule has 1 heterocycles. The Bertz CT molecular complexity index is 440. The Morgan fingerprint density at radius 1 is 1.53 bits per heavy atom. The van der Waals surface area contributed by atoms with E-state index in [4.69, 9.17) is 0 Å². The number of rotatable bonds is 5. The zero-order valence-electron chi connectivity index (χ0n) is 11.4. The lowest BCUT2D eigenvalue weighted by molar-refractivity contribution is 0.0665. The Balaban J connectivity index is 1.88. The molecule has 3 nitrogen and oxygen atoms in total. The maximum absolute atomic E-state index is 12.7. The van der Waals surface area contributed by atoms with Crippen LogP contribution in [0.2, 0.25) is 0 Å². The van der Waals surface area contributed by atoms with Gasteiger partial charge in [-0.2, -0.15) is 8.78 Å². The fourth-order valence-corrected chi connectivity index (χ4v) is 2.74. The van der Waals surface area contributed by atoms with Gasteiger partial charge in [-0.05, 0) is 31.6 Å². The van der Waals surface area contributed by atoms with Crippen LogP contribution in [0, 0.1) is 11.8 Å². The van der Waals surface area contributed by atoms with E-state index in [1.807, 2.05) is 0 Å².